The van der Waals surface area contributed by atoms with Gasteiger partial charge in [0.25, 0.3) is 0 Å². The number of rotatable bonds is 16. The number of hydrogen-bond acceptors (Lipinski definition) is 10. The van der Waals surface area contributed by atoms with Gasteiger partial charge in [0, 0.05) is 30.9 Å². The number of aromatic nitrogens is 1. The summed E-state index contributed by atoms with van der Waals surface area (Å²) in [5.41, 5.74) is 0.239. The van der Waals surface area contributed by atoms with Crippen LogP contribution in [0.3, 0.4) is 0 Å². The summed E-state index contributed by atoms with van der Waals surface area (Å²) in [5, 5.41) is 0.337. The van der Waals surface area contributed by atoms with E-state index in [2.05, 4.69) is 19.3 Å². The molecular formula is C40H38Cl2F3N3O8S. The van der Waals surface area contributed by atoms with Crippen LogP contribution < -0.4 is 14.2 Å². The Balaban J connectivity index is 1.15. The molecule has 3 aliphatic heterocycles. The van der Waals surface area contributed by atoms with Crippen LogP contribution in [0.1, 0.15) is 64.9 Å². The van der Waals surface area contributed by atoms with Crippen molar-refractivity contribution in [2.45, 2.75) is 61.9 Å². The number of fused-ring (bicyclic) bond motifs is 3. The van der Waals surface area contributed by atoms with Gasteiger partial charge >= 0.3 is 18.6 Å². The van der Waals surface area contributed by atoms with E-state index in [0.717, 1.165) is 50.9 Å². The third kappa shape index (κ3) is 10.0. The fraction of sp³-hybridized carbons (Fsp3) is 0.375. The van der Waals surface area contributed by atoms with Crippen molar-refractivity contribution in [3.63, 3.8) is 0 Å². The van der Waals surface area contributed by atoms with Gasteiger partial charge in [-0.3, -0.25) is 9.88 Å². The van der Waals surface area contributed by atoms with E-state index >= 15 is 4.39 Å². The Labute approximate surface area is 337 Å². The maximum absolute atomic E-state index is 15.1. The lowest BCUT2D eigenvalue weighted by Gasteiger charge is -2.44. The van der Waals surface area contributed by atoms with Crippen molar-refractivity contribution in [1.29, 1.82) is 0 Å². The van der Waals surface area contributed by atoms with E-state index in [9.17, 15) is 26.8 Å². The van der Waals surface area contributed by atoms with Crippen LogP contribution in [0.15, 0.2) is 84.0 Å². The lowest BCUT2D eigenvalue weighted by molar-refractivity contribution is -0.161. The summed E-state index contributed by atoms with van der Waals surface area (Å²) in [5.74, 6) is -2.58. The molecule has 0 amide bonds. The van der Waals surface area contributed by atoms with E-state index in [0.29, 0.717) is 17.7 Å². The fourth-order valence-electron chi connectivity index (χ4n) is 6.99. The molecule has 4 aliphatic rings. The predicted molar refractivity (Wildman–Crippen MR) is 202 cm³/mol. The van der Waals surface area contributed by atoms with Gasteiger partial charge in [-0.2, -0.15) is 13.5 Å². The first-order valence-electron chi connectivity index (χ1n) is 18.3. The van der Waals surface area contributed by atoms with Gasteiger partial charge in [0.15, 0.2) is 11.5 Å². The molecule has 11 nitrogen and oxygen atoms in total. The minimum absolute atomic E-state index is 0.00303. The quantitative estimate of drug-likeness (QED) is 0.112. The van der Waals surface area contributed by atoms with Crippen molar-refractivity contribution in [3.8, 4) is 11.5 Å². The molecule has 3 saturated heterocycles. The molecule has 8 rings (SSSR count). The summed E-state index contributed by atoms with van der Waals surface area (Å²) in [7, 11) is -4.61. The van der Waals surface area contributed by atoms with Gasteiger partial charge < -0.3 is 18.9 Å². The number of sulfonamides is 1. The molecule has 3 atom stereocenters. The van der Waals surface area contributed by atoms with Gasteiger partial charge in [0.05, 0.1) is 27.1 Å². The Kier molecular flexibility index (Phi) is 12.6. The van der Waals surface area contributed by atoms with Crippen LogP contribution in [-0.2, 0) is 30.7 Å². The SMILES string of the molecule is O=C(O[C@@H](Cc1c(Cl)cncc1Cl)c1ccc(OC(F)F)c(OCC2CC2)c1)c1cccc(S(=O)(=O)NC(C(=O)O[C@H]2CN3CCC2CC3)c2ccccc2F)c1. The zero-order valence-electron chi connectivity index (χ0n) is 30.3. The Morgan fingerprint density at radius 3 is 2.33 bits per heavy atom. The van der Waals surface area contributed by atoms with Crippen molar-refractivity contribution >= 4 is 45.2 Å². The number of alkyl halides is 2. The normalized spacial score (nSPS) is 20.1. The Morgan fingerprint density at radius 1 is 0.930 bits per heavy atom. The highest BCUT2D eigenvalue weighted by molar-refractivity contribution is 7.89. The van der Waals surface area contributed by atoms with E-state index in [-0.39, 0.29) is 57.5 Å². The second kappa shape index (κ2) is 17.6. The molecule has 1 saturated carbocycles. The molecule has 0 radical (unpaired) electrons. The summed E-state index contributed by atoms with van der Waals surface area (Å²) in [6.45, 7) is -0.602. The summed E-state index contributed by atoms with van der Waals surface area (Å²) in [6, 6.07) is 12.5. The number of halogens is 5. The van der Waals surface area contributed by atoms with E-state index in [1.54, 1.807) is 0 Å². The Hall–Kier alpha value is -4.41. The monoisotopic (exact) mass is 847 g/mol. The predicted octanol–water partition coefficient (Wildman–Crippen LogP) is 7.72. The van der Waals surface area contributed by atoms with Crippen molar-refractivity contribution in [1.82, 2.24) is 14.6 Å². The number of nitrogens with zero attached hydrogens (tertiary/aromatic N) is 2. The molecule has 302 valence electrons. The van der Waals surface area contributed by atoms with Gasteiger partial charge in [0.2, 0.25) is 10.0 Å². The second-order valence-corrected chi connectivity index (χ2v) is 16.8. The molecule has 17 heteroatoms. The van der Waals surface area contributed by atoms with Crippen molar-refractivity contribution in [2.24, 2.45) is 11.8 Å². The van der Waals surface area contributed by atoms with Crippen LogP contribution in [-0.4, -0.2) is 69.2 Å². The summed E-state index contributed by atoms with van der Waals surface area (Å²) in [4.78, 5) is 33.2. The molecule has 1 aliphatic carbocycles. The first kappa shape index (κ1) is 40.8. The zero-order valence-corrected chi connectivity index (χ0v) is 32.6. The van der Waals surface area contributed by atoms with Crippen LogP contribution in [0.5, 0.6) is 11.5 Å². The van der Waals surface area contributed by atoms with Gasteiger partial charge in [-0.1, -0.05) is 53.5 Å². The molecule has 57 heavy (non-hydrogen) atoms. The van der Waals surface area contributed by atoms with Crippen molar-refractivity contribution < 1.29 is 50.1 Å². The highest BCUT2D eigenvalue weighted by Gasteiger charge is 2.39. The highest BCUT2D eigenvalue weighted by atomic mass is 35.5. The molecule has 4 fully saturated rings. The smallest absolute Gasteiger partial charge is 0.387 e. The third-order valence-electron chi connectivity index (χ3n) is 10.3. The van der Waals surface area contributed by atoms with Gasteiger partial charge in [-0.25, -0.2) is 22.4 Å². The molecule has 2 bridgehead atoms. The van der Waals surface area contributed by atoms with Gasteiger partial charge in [-0.05, 0) is 98.1 Å². The standard InChI is InChI=1S/C40H38Cl2F3N3O8S/c41-30-19-46-20-31(42)29(30)18-34(25-10-11-33(56-40(44)45)35(17-25)53-22-23-8-9-23)54-38(49)26-4-3-5-27(16-26)57(51,52)47-37(28-6-1-2-7-32(28)43)39(50)55-36-21-48-14-12-24(36)13-15-48/h1-7,10-11,16-17,19-20,23-24,34,36-37,40,47H,8-9,12-15,18,21-22H2/t34-,36-,37?/m0/s1. The molecule has 0 spiro atoms. The van der Waals surface area contributed by atoms with Crippen LogP contribution in [0.4, 0.5) is 13.2 Å². The molecule has 4 aromatic rings. The lowest BCUT2D eigenvalue weighted by Crippen LogP contribution is -2.52. The van der Waals surface area contributed by atoms with Gasteiger partial charge in [-0.15, -0.1) is 0 Å². The van der Waals surface area contributed by atoms with E-state index < -0.39 is 57.5 Å². The molecule has 1 aromatic heterocycles. The minimum Gasteiger partial charge on any atom is -0.489 e. The number of benzene rings is 3. The first-order chi connectivity index (χ1) is 27.3. The summed E-state index contributed by atoms with van der Waals surface area (Å²) in [6.07, 6.45) is 4.49. The van der Waals surface area contributed by atoms with E-state index in [4.69, 9.17) is 37.4 Å². The van der Waals surface area contributed by atoms with Gasteiger partial charge in [0.1, 0.15) is 24.1 Å². The van der Waals surface area contributed by atoms with E-state index in [1.807, 2.05) is 0 Å². The maximum atomic E-state index is 15.1. The highest BCUT2D eigenvalue weighted by Crippen LogP contribution is 2.38. The molecule has 1 N–H and O–H groups in total. The number of nitrogens with one attached hydrogen (secondary N) is 1. The largest absolute Gasteiger partial charge is 0.489 e. The number of carbonyl (C=O) groups excluding carboxylic acids is 2. The number of hydrogen-bond donors (Lipinski definition) is 1. The van der Waals surface area contributed by atoms with Crippen molar-refractivity contribution in [2.75, 3.05) is 26.2 Å². The molecular weight excluding hydrogens is 810 g/mol. The zero-order chi connectivity index (χ0) is 40.3. The van der Waals surface area contributed by atoms with Crippen LogP contribution in [0, 0.1) is 17.7 Å². The lowest BCUT2D eigenvalue weighted by atomic mass is 9.86. The number of ether oxygens (including phenoxy) is 4. The van der Waals surface area contributed by atoms with Crippen LogP contribution in [0.25, 0.3) is 0 Å². The minimum atomic E-state index is -4.61. The van der Waals surface area contributed by atoms with Crippen LogP contribution in [0.2, 0.25) is 10.0 Å². The van der Waals surface area contributed by atoms with E-state index in [1.165, 1.54) is 67.0 Å². The Bertz CT molecular complexity index is 2200. The number of esters is 2. The number of piperidine rings is 3. The number of pyridine rings is 1. The summed E-state index contributed by atoms with van der Waals surface area (Å²) < 4.78 is 94.2. The average Bonchev–Trinajstić information content (AvgIpc) is 4.03. The molecule has 3 aromatic carbocycles. The second-order valence-electron chi connectivity index (χ2n) is 14.2. The third-order valence-corrected chi connectivity index (χ3v) is 12.4. The fourth-order valence-corrected chi connectivity index (χ4v) is 8.72. The maximum Gasteiger partial charge on any atom is 0.387 e. The van der Waals surface area contributed by atoms with Crippen molar-refractivity contribution in [3.05, 3.63) is 117 Å². The molecule has 1 unspecified atom stereocenters. The van der Waals surface area contributed by atoms with Crippen LogP contribution >= 0.6 is 23.2 Å². The average molecular weight is 849 g/mol. The number of carbonyl (C=O) groups is 2. The Morgan fingerprint density at radius 2 is 1.67 bits per heavy atom. The summed E-state index contributed by atoms with van der Waals surface area (Å²) >= 11 is 12.9. The first-order valence-corrected chi connectivity index (χ1v) is 20.6. The topological polar surface area (TPSA) is 133 Å². The molecule has 4 heterocycles.